The molecule has 0 aliphatic heterocycles. The number of para-hydroxylation sites is 2. The Morgan fingerprint density at radius 3 is 1.52 bits per heavy atom. The van der Waals surface area contributed by atoms with Crippen LogP contribution in [0.25, 0.3) is 66.1 Å². The van der Waals surface area contributed by atoms with Gasteiger partial charge in [0.2, 0.25) is 0 Å². The first-order valence-corrected chi connectivity index (χ1v) is 14.5. The Balaban J connectivity index is 1.60. The van der Waals surface area contributed by atoms with Gasteiger partial charge in [-0.15, -0.1) is 0 Å². The van der Waals surface area contributed by atoms with E-state index in [-0.39, 0.29) is 0 Å². The fraction of sp³-hybridized carbons (Fsp3) is 0.0513. The maximum Gasteiger partial charge on any atom is 0.126 e. The molecular weight excluding hydrogens is 548 g/mol. The van der Waals surface area contributed by atoms with Crippen molar-refractivity contribution < 1.29 is 8.78 Å². The van der Waals surface area contributed by atoms with Gasteiger partial charge in [0.15, 0.2) is 0 Å². The molecule has 2 aromatic heterocycles. The molecule has 6 aromatic carbocycles. The first kappa shape index (κ1) is 25.9. The van der Waals surface area contributed by atoms with Crippen LogP contribution in [0.1, 0.15) is 16.7 Å². The summed E-state index contributed by atoms with van der Waals surface area (Å²) >= 11 is 0. The molecule has 0 bridgehead atoms. The van der Waals surface area contributed by atoms with Crippen molar-refractivity contribution in [3.05, 3.63) is 144 Å². The maximum atomic E-state index is 14.5. The Morgan fingerprint density at radius 2 is 1.00 bits per heavy atom. The third kappa shape index (κ3) is 3.85. The van der Waals surface area contributed by atoms with E-state index in [1.807, 2.05) is 36.4 Å². The molecule has 2 heterocycles. The summed E-state index contributed by atoms with van der Waals surface area (Å²) < 4.78 is 33.5. The molecule has 5 heteroatoms. The fourth-order valence-corrected chi connectivity index (χ4v) is 6.66. The van der Waals surface area contributed by atoms with Crippen LogP contribution in [0.2, 0.25) is 0 Å². The first-order valence-electron chi connectivity index (χ1n) is 14.5. The van der Waals surface area contributed by atoms with Crippen molar-refractivity contribution in [1.82, 2.24) is 9.13 Å². The van der Waals surface area contributed by atoms with Gasteiger partial charge in [-0.25, -0.2) is 8.78 Å². The van der Waals surface area contributed by atoms with Gasteiger partial charge in [-0.3, -0.25) is 0 Å². The molecule has 3 nitrogen and oxygen atoms in total. The van der Waals surface area contributed by atoms with Crippen molar-refractivity contribution >= 4 is 43.6 Å². The van der Waals surface area contributed by atoms with Crippen LogP contribution in [0.15, 0.2) is 115 Å². The summed E-state index contributed by atoms with van der Waals surface area (Å²) in [4.78, 5) is 0. The lowest BCUT2D eigenvalue weighted by atomic mass is 9.97. The van der Waals surface area contributed by atoms with Gasteiger partial charge in [-0.05, 0) is 79.1 Å². The van der Waals surface area contributed by atoms with Gasteiger partial charge in [0, 0.05) is 33.2 Å². The SMILES string of the molecule is Cc1ccc2c3ccccc3n(-c3cc(C#N)c(-c4cc(F)cc(F)c4)cc3-n3c4ccccc4c4ccc(C)cc43)c2c1. The molecule has 0 aliphatic carbocycles. The normalized spacial score (nSPS) is 11.6. The van der Waals surface area contributed by atoms with Crippen LogP contribution in [0.5, 0.6) is 0 Å². The van der Waals surface area contributed by atoms with Crippen molar-refractivity contribution in [3.8, 4) is 28.6 Å². The summed E-state index contributed by atoms with van der Waals surface area (Å²) in [6, 6.07) is 38.8. The largest absolute Gasteiger partial charge is 0.307 e. The Morgan fingerprint density at radius 1 is 0.523 bits per heavy atom. The zero-order valence-corrected chi connectivity index (χ0v) is 24.1. The molecular formula is C39H25F2N3. The molecule has 0 N–H and O–H groups in total. The van der Waals surface area contributed by atoms with Crippen molar-refractivity contribution in [2.75, 3.05) is 0 Å². The van der Waals surface area contributed by atoms with Crippen LogP contribution in [0.4, 0.5) is 8.78 Å². The van der Waals surface area contributed by atoms with E-state index >= 15 is 0 Å². The monoisotopic (exact) mass is 573 g/mol. The van der Waals surface area contributed by atoms with Crippen LogP contribution in [-0.4, -0.2) is 9.13 Å². The van der Waals surface area contributed by atoms with Gasteiger partial charge in [0.1, 0.15) is 11.6 Å². The highest BCUT2D eigenvalue weighted by molar-refractivity contribution is 6.12. The number of nitriles is 1. The maximum absolute atomic E-state index is 14.5. The second-order valence-corrected chi connectivity index (χ2v) is 11.4. The summed E-state index contributed by atoms with van der Waals surface area (Å²) in [6.07, 6.45) is 0. The van der Waals surface area contributed by atoms with Crippen LogP contribution in [0, 0.1) is 36.8 Å². The average Bonchev–Trinajstić information content (AvgIpc) is 3.51. The first-order chi connectivity index (χ1) is 21.4. The van der Waals surface area contributed by atoms with E-state index in [9.17, 15) is 14.0 Å². The zero-order chi connectivity index (χ0) is 30.1. The second kappa shape index (κ2) is 9.65. The van der Waals surface area contributed by atoms with E-state index in [0.29, 0.717) is 16.7 Å². The molecule has 0 aliphatic rings. The minimum absolute atomic E-state index is 0.307. The molecule has 0 amide bonds. The van der Waals surface area contributed by atoms with Crippen molar-refractivity contribution in [3.63, 3.8) is 0 Å². The number of benzene rings is 6. The van der Waals surface area contributed by atoms with Crippen LogP contribution < -0.4 is 0 Å². The lowest BCUT2D eigenvalue weighted by Crippen LogP contribution is -2.05. The summed E-state index contributed by atoms with van der Waals surface area (Å²) in [5.41, 5.74) is 8.91. The van der Waals surface area contributed by atoms with Crippen LogP contribution >= 0.6 is 0 Å². The fourth-order valence-electron chi connectivity index (χ4n) is 6.66. The van der Waals surface area contributed by atoms with Gasteiger partial charge in [0.05, 0.1) is 45.1 Å². The Hall–Kier alpha value is -5.73. The molecule has 8 rings (SSSR count). The number of nitrogens with zero attached hydrogens (tertiary/aromatic N) is 3. The number of aromatic nitrogens is 2. The van der Waals surface area contributed by atoms with Crippen LogP contribution in [-0.2, 0) is 0 Å². The molecule has 0 spiro atoms. The Kier molecular flexibility index (Phi) is 5.69. The third-order valence-electron chi connectivity index (χ3n) is 8.55. The van der Waals surface area contributed by atoms with Gasteiger partial charge in [-0.1, -0.05) is 60.7 Å². The molecule has 0 radical (unpaired) electrons. The van der Waals surface area contributed by atoms with E-state index in [2.05, 4.69) is 89.7 Å². The minimum Gasteiger partial charge on any atom is -0.307 e. The molecule has 210 valence electrons. The second-order valence-electron chi connectivity index (χ2n) is 11.4. The minimum atomic E-state index is -0.695. The smallest absolute Gasteiger partial charge is 0.126 e. The van der Waals surface area contributed by atoms with Crippen molar-refractivity contribution in [1.29, 1.82) is 5.26 Å². The van der Waals surface area contributed by atoms with E-state index in [1.54, 1.807) is 0 Å². The highest BCUT2D eigenvalue weighted by Gasteiger charge is 2.22. The highest BCUT2D eigenvalue weighted by Crippen LogP contribution is 2.41. The van der Waals surface area contributed by atoms with Gasteiger partial charge in [-0.2, -0.15) is 5.26 Å². The number of rotatable bonds is 3. The number of fused-ring (bicyclic) bond motifs is 6. The Bertz CT molecular complexity index is 2490. The quantitative estimate of drug-likeness (QED) is 0.207. The lowest BCUT2D eigenvalue weighted by molar-refractivity contribution is 0.584. The topological polar surface area (TPSA) is 33.6 Å². The Labute approximate surface area is 252 Å². The van der Waals surface area contributed by atoms with Gasteiger partial charge in [0.25, 0.3) is 0 Å². The van der Waals surface area contributed by atoms with Gasteiger partial charge < -0.3 is 9.13 Å². The molecule has 0 atom stereocenters. The molecule has 0 saturated carbocycles. The van der Waals surface area contributed by atoms with E-state index in [1.165, 1.54) is 12.1 Å². The molecule has 0 unspecified atom stereocenters. The molecule has 0 fully saturated rings. The predicted molar refractivity (Wildman–Crippen MR) is 175 cm³/mol. The summed E-state index contributed by atoms with van der Waals surface area (Å²) in [5.74, 6) is -1.39. The van der Waals surface area contributed by atoms with Gasteiger partial charge >= 0.3 is 0 Å². The predicted octanol–water partition coefficient (Wildman–Crippen LogP) is 10.3. The number of hydrogen-bond acceptors (Lipinski definition) is 1. The third-order valence-corrected chi connectivity index (χ3v) is 8.55. The van der Waals surface area contributed by atoms with E-state index < -0.39 is 11.6 Å². The zero-order valence-electron chi connectivity index (χ0n) is 24.1. The number of aryl methyl sites for hydroxylation is 2. The summed E-state index contributed by atoms with van der Waals surface area (Å²) in [7, 11) is 0. The molecule has 0 saturated heterocycles. The average molecular weight is 574 g/mol. The van der Waals surface area contributed by atoms with Crippen LogP contribution in [0.3, 0.4) is 0 Å². The molecule has 44 heavy (non-hydrogen) atoms. The highest BCUT2D eigenvalue weighted by atomic mass is 19.1. The van der Waals surface area contributed by atoms with Crippen molar-refractivity contribution in [2.45, 2.75) is 13.8 Å². The number of halogens is 2. The van der Waals surface area contributed by atoms with Crippen molar-refractivity contribution in [2.24, 2.45) is 0 Å². The summed E-state index contributed by atoms with van der Waals surface area (Å²) in [5, 5.41) is 14.8. The lowest BCUT2D eigenvalue weighted by Gasteiger charge is -2.19. The van der Waals surface area contributed by atoms with E-state index in [4.69, 9.17) is 0 Å². The standard InChI is InChI=1S/C39H25F2N3/c1-23-11-13-31-29-7-3-5-9-34(29)43(36(31)15-23)38-19-26(22-42)33(25-17-27(40)20-28(41)18-25)21-39(38)44-35-10-6-4-8-30(35)32-14-12-24(2)16-37(32)44/h3-21H,1-2H3. The van der Waals surface area contributed by atoms with E-state index in [0.717, 1.165) is 72.2 Å². The molecule has 8 aromatic rings. The number of hydrogen-bond donors (Lipinski definition) is 0. The summed E-state index contributed by atoms with van der Waals surface area (Å²) in [6.45, 7) is 4.14.